The van der Waals surface area contributed by atoms with Gasteiger partial charge in [0.15, 0.2) is 10.3 Å². The predicted octanol–water partition coefficient (Wildman–Crippen LogP) is 8.64. The van der Waals surface area contributed by atoms with Crippen LogP contribution in [0, 0.1) is 13.8 Å². The summed E-state index contributed by atoms with van der Waals surface area (Å²) in [6.45, 7) is 6.18. The van der Waals surface area contributed by atoms with Gasteiger partial charge in [-0.2, -0.15) is 0 Å². The Morgan fingerprint density at radius 2 is 1.25 bits per heavy atom. The second-order valence-corrected chi connectivity index (χ2v) is 13.6. The summed E-state index contributed by atoms with van der Waals surface area (Å²) in [6, 6.07) is 27.3. The lowest BCUT2D eigenvalue weighted by atomic mass is 9.93. The molecule has 2 unspecified atom stereocenters. The van der Waals surface area contributed by atoms with Crippen molar-refractivity contribution < 1.29 is 0 Å². The molecule has 2 aliphatic rings. The summed E-state index contributed by atoms with van der Waals surface area (Å²) in [5.41, 5.74) is 7.62. The Morgan fingerprint density at radius 3 is 1.86 bits per heavy atom. The maximum Gasteiger partial charge on any atom is 0.157 e. The molecule has 0 radical (unpaired) electrons. The zero-order chi connectivity index (χ0) is 30.7. The highest BCUT2D eigenvalue weighted by molar-refractivity contribution is 8.14. The van der Waals surface area contributed by atoms with E-state index in [-0.39, 0.29) is 12.1 Å². The molecule has 3 heterocycles. The fourth-order valence-corrected chi connectivity index (χ4v) is 7.17. The average molecular weight is 663 g/mol. The Balaban J connectivity index is 0.000000175. The number of hydrogen-bond donors (Lipinski definition) is 2. The van der Waals surface area contributed by atoms with Crippen molar-refractivity contribution in [3.05, 3.63) is 135 Å². The van der Waals surface area contributed by atoms with E-state index in [4.69, 9.17) is 23.2 Å². The first-order valence-electron chi connectivity index (χ1n) is 14.8. The van der Waals surface area contributed by atoms with Gasteiger partial charge in [0.25, 0.3) is 0 Å². The number of nitrogens with one attached hydrogen (secondary N) is 2. The van der Waals surface area contributed by atoms with Crippen molar-refractivity contribution in [2.45, 2.75) is 38.8 Å². The number of aliphatic imine (C=N–C) groups is 2. The van der Waals surface area contributed by atoms with Gasteiger partial charge in [-0.25, -0.2) is 0 Å². The van der Waals surface area contributed by atoms with Crippen LogP contribution in [0.3, 0.4) is 0 Å². The summed E-state index contributed by atoms with van der Waals surface area (Å²) in [5, 5.41) is 10.4. The number of halogens is 2. The second kappa shape index (κ2) is 16.4. The number of hydrogen-bond acceptors (Lipinski definition) is 7. The number of aromatic nitrogens is 1. The lowest BCUT2D eigenvalue weighted by Gasteiger charge is -2.23. The van der Waals surface area contributed by atoms with Gasteiger partial charge in [-0.3, -0.25) is 15.0 Å². The summed E-state index contributed by atoms with van der Waals surface area (Å²) in [6.07, 6.45) is 5.37. The zero-order valence-electron chi connectivity index (χ0n) is 25.0. The molecule has 2 aliphatic heterocycles. The van der Waals surface area contributed by atoms with Crippen LogP contribution in [-0.2, 0) is 12.8 Å². The van der Waals surface area contributed by atoms with Gasteiger partial charge >= 0.3 is 0 Å². The van der Waals surface area contributed by atoms with Crippen LogP contribution in [0.15, 0.2) is 101 Å². The fourth-order valence-electron chi connectivity index (χ4n) is 5.17. The normalized spacial score (nSPS) is 15.5. The first-order valence-corrected chi connectivity index (χ1v) is 17.5. The Hall–Kier alpha value is -2.97. The van der Waals surface area contributed by atoms with Crippen molar-refractivity contribution in [2.24, 2.45) is 9.98 Å². The highest BCUT2D eigenvalue weighted by Gasteiger charge is 2.21. The van der Waals surface area contributed by atoms with E-state index in [0.29, 0.717) is 10.0 Å². The molecule has 5 nitrogen and oxygen atoms in total. The molecule has 1 aromatic heterocycles. The van der Waals surface area contributed by atoms with E-state index in [1.165, 1.54) is 27.8 Å². The van der Waals surface area contributed by atoms with E-state index in [9.17, 15) is 0 Å². The summed E-state index contributed by atoms with van der Waals surface area (Å²) in [4.78, 5) is 13.1. The highest BCUT2D eigenvalue weighted by atomic mass is 35.5. The monoisotopic (exact) mass is 661 g/mol. The maximum atomic E-state index is 6.41. The third-order valence-electron chi connectivity index (χ3n) is 7.62. The van der Waals surface area contributed by atoms with Gasteiger partial charge in [0, 0.05) is 23.9 Å². The number of nitrogens with zero attached hydrogens (tertiary/aromatic N) is 3. The molecule has 0 fully saturated rings. The quantitative estimate of drug-likeness (QED) is 0.198. The van der Waals surface area contributed by atoms with E-state index < -0.39 is 0 Å². The summed E-state index contributed by atoms with van der Waals surface area (Å²) in [7, 11) is 0. The van der Waals surface area contributed by atoms with Crippen LogP contribution in [0.2, 0.25) is 10.0 Å². The van der Waals surface area contributed by atoms with Gasteiger partial charge in [0.2, 0.25) is 0 Å². The molecular weight excluding hydrogens is 625 g/mol. The summed E-state index contributed by atoms with van der Waals surface area (Å²) < 4.78 is 0. The molecule has 2 atom stereocenters. The van der Waals surface area contributed by atoms with Crippen molar-refractivity contribution in [1.29, 1.82) is 0 Å². The molecule has 0 saturated carbocycles. The van der Waals surface area contributed by atoms with Crippen molar-refractivity contribution in [2.75, 3.05) is 24.6 Å². The van der Waals surface area contributed by atoms with Gasteiger partial charge in [-0.05, 0) is 78.3 Å². The Labute approximate surface area is 279 Å². The fraction of sp³-hybridized carbons (Fsp3) is 0.286. The Morgan fingerprint density at radius 1 is 0.682 bits per heavy atom. The topological polar surface area (TPSA) is 61.7 Å². The second-order valence-electron chi connectivity index (χ2n) is 10.6. The molecule has 9 heteroatoms. The first kappa shape index (κ1) is 32.4. The smallest absolute Gasteiger partial charge is 0.157 e. The van der Waals surface area contributed by atoms with Crippen LogP contribution in [0.25, 0.3) is 0 Å². The van der Waals surface area contributed by atoms with Gasteiger partial charge < -0.3 is 10.6 Å². The summed E-state index contributed by atoms with van der Waals surface area (Å²) >= 11 is 16.1. The van der Waals surface area contributed by atoms with Crippen molar-refractivity contribution in [1.82, 2.24) is 15.6 Å². The van der Waals surface area contributed by atoms with E-state index in [2.05, 4.69) is 88.0 Å². The van der Waals surface area contributed by atoms with Gasteiger partial charge in [-0.15, -0.1) is 0 Å². The van der Waals surface area contributed by atoms with Gasteiger partial charge in [0.1, 0.15) is 0 Å². The minimum Gasteiger partial charge on any atom is -0.358 e. The molecule has 0 spiro atoms. The average Bonchev–Trinajstić information content (AvgIpc) is 3.76. The Kier molecular flexibility index (Phi) is 12.1. The predicted molar refractivity (Wildman–Crippen MR) is 192 cm³/mol. The number of rotatable bonds is 8. The number of amidine groups is 2. The molecule has 6 rings (SSSR count). The van der Waals surface area contributed by atoms with Crippen LogP contribution >= 0.6 is 46.7 Å². The van der Waals surface area contributed by atoms with Gasteiger partial charge in [-0.1, -0.05) is 107 Å². The lowest BCUT2D eigenvalue weighted by Crippen LogP contribution is -2.27. The molecule has 3 aromatic carbocycles. The van der Waals surface area contributed by atoms with Crippen LogP contribution in [0.4, 0.5) is 0 Å². The van der Waals surface area contributed by atoms with Crippen molar-refractivity contribution in [3.8, 4) is 0 Å². The molecule has 4 aromatic rings. The number of pyridine rings is 1. The summed E-state index contributed by atoms with van der Waals surface area (Å²) in [5.74, 6) is 2.11. The van der Waals surface area contributed by atoms with E-state index in [0.717, 1.165) is 53.3 Å². The number of benzene rings is 3. The largest absolute Gasteiger partial charge is 0.358 e. The van der Waals surface area contributed by atoms with Crippen LogP contribution < -0.4 is 10.6 Å². The van der Waals surface area contributed by atoms with Gasteiger partial charge in [0.05, 0.1) is 35.2 Å². The molecule has 0 aliphatic carbocycles. The molecule has 0 bridgehead atoms. The minimum atomic E-state index is 0.0259. The van der Waals surface area contributed by atoms with Crippen LogP contribution in [0.1, 0.15) is 45.5 Å². The van der Waals surface area contributed by atoms with Crippen molar-refractivity contribution >= 4 is 57.1 Å². The molecular formula is C35H37Cl2N5S2. The van der Waals surface area contributed by atoms with E-state index in [1.807, 2.05) is 36.0 Å². The minimum absolute atomic E-state index is 0.0259. The third-order valence-corrected chi connectivity index (χ3v) is 10.3. The van der Waals surface area contributed by atoms with E-state index in [1.54, 1.807) is 30.2 Å². The standard InChI is InChI=1S/C19H22N2S.C16H15Cl2N3S/c1-14-7-6-10-17(15(14)2)18(21-19-20-11-12-22-19)13-16-8-4-3-5-9-16;17-13-3-1-2-12(15(13)18)14(21-16-20-8-9-22-16)10-11-4-6-19-7-5-11/h3-10,18H,11-13H2,1-2H3,(H,20,21);1-7,14H,8-10H2,(H,20,21). The maximum absolute atomic E-state index is 6.41. The zero-order valence-corrected chi connectivity index (χ0v) is 28.1. The first-order chi connectivity index (χ1) is 21.5. The SMILES string of the molecule is Cc1cccc(C(Cc2ccccc2)NC2=NCCS2)c1C.Clc1cccc(C(Cc2ccncc2)NC2=NCCS2)c1Cl. The van der Waals surface area contributed by atoms with Crippen molar-refractivity contribution in [3.63, 3.8) is 0 Å². The van der Waals surface area contributed by atoms with E-state index >= 15 is 0 Å². The highest BCUT2D eigenvalue weighted by Crippen LogP contribution is 2.32. The molecule has 228 valence electrons. The molecule has 44 heavy (non-hydrogen) atoms. The number of thioether (sulfide) groups is 2. The number of aryl methyl sites for hydroxylation is 1. The molecule has 2 N–H and O–H groups in total. The third kappa shape index (κ3) is 9.04. The van der Waals surface area contributed by atoms with Crippen LogP contribution in [0.5, 0.6) is 0 Å². The molecule has 0 amide bonds. The molecule has 0 saturated heterocycles. The Bertz CT molecular complexity index is 1460. The van der Waals surface area contributed by atoms with Crippen LogP contribution in [-0.4, -0.2) is 39.9 Å². The lowest BCUT2D eigenvalue weighted by molar-refractivity contribution is 0.643.